The lowest BCUT2D eigenvalue weighted by atomic mass is 9.99. The lowest BCUT2D eigenvalue weighted by Gasteiger charge is -2.16. The highest BCUT2D eigenvalue weighted by molar-refractivity contribution is 6.30. The Balaban J connectivity index is 2.23. The number of halogens is 2. The second-order valence-electron chi connectivity index (χ2n) is 4.66. The molecule has 1 aromatic carbocycles. The maximum atomic E-state index is 13.1. The van der Waals surface area contributed by atoms with Gasteiger partial charge in [0.05, 0.1) is 5.02 Å². The first-order valence-corrected chi connectivity index (χ1v) is 6.57. The zero-order valence-corrected chi connectivity index (χ0v) is 12.0. The molecule has 1 aromatic heterocycles. The Morgan fingerprint density at radius 1 is 1.32 bits per heavy atom. The predicted octanol–water partition coefficient (Wildman–Crippen LogP) is 4.19. The van der Waals surface area contributed by atoms with E-state index in [9.17, 15) is 4.39 Å². The van der Waals surface area contributed by atoms with Gasteiger partial charge in [-0.25, -0.2) is 4.39 Å². The number of hydrogen-bond donors (Lipinski definition) is 1. The number of likely N-dealkylation sites (N-methyl/N-ethyl adjacent to an activating group) is 1. The van der Waals surface area contributed by atoms with Crippen molar-refractivity contribution < 1.29 is 8.81 Å². The highest BCUT2D eigenvalue weighted by atomic mass is 35.5. The fourth-order valence-electron chi connectivity index (χ4n) is 2.27. The second kappa shape index (κ2) is 5.76. The van der Waals surface area contributed by atoms with Crippen LogP contribution < -0.4 is 5.32 Å². The molecule has 0 bridgehead atoms. The van der Waals surface area contributed by atoms with Crippen molar-refractivity contribution in [2.24, 2.45) is 0 Å². The molecular weight excluding hydrogens is 265 g/mol. The normalized spacial score (nSPS) is 12.7. The summed E-state index contributed by atoms with van der Waals surface area (Å²) in [7, 11) is 1.90. The summed E-state index contributed by atoms with van der Waals surface area (Å²) in [6.07, 6.45) is 0.732. The van der Waals surface area contributed by atoms with Crippen LogP contribution >= 0.6 is 11.6 Å². The molecule has 0 aliphatic rings. The van der Waals surface area contributed by atoms with Crippen LogP contribution in [0.1, 0.15) is 28.7 Å². The van der Waals surface area contributed by atoms with Gasteiger partial charge in [-0.15, -0.1) is 0 Å². The molecular formula is C15H17ClFNO. The van der Waals surface area contributed by atoms with Crippen LogP contribution in [0.2, 0.25) is 5.02 Å². The number of hydrogen-bond acceptors (Lipinski definition) is 2. The summed E-state index contributed by atoms with van der Waals surface area (Å²) >= 11 is 5.81. The molecule has 2 aromatic rings. The molecule has 0 aliphatic carbocycles. The topological polar surface area (TPSA) is 25.2 Å². The van der Waals surface area contributed by atoms with Crippen molar-refractivity contribution in [1.29, 1.82) is 0 Å². The van der Waals surface area contributed by atoms with E-state index in [1.807, 2.05) is 27.0 Å². The van der Waals surface area contributed by atoms with E-state index >= 15 is 0 Å². The van der Waals surface area contributed by atoms with Crippen molar-refractivity contribution in [1.82, 2.24) is 5.32 Å². The molecule has 0 spiro atoms. The average molecular weight is 282 g/mol. The van der Waals surface area contributed by atoms with Gasteiger partial charge in [0.1, 0.15) is 17.3 Å². The van der Waals surface area contributed by atoms with Crippen LogP contribution in [0, 0.1) is 19.7 Å². The third kappa shape index (κ3) is 3.17. The van der Waals surface area contributed by atoms with Gasteiger partial charge >= 0.3 is 0 Å². The molecule has 1 N–H and O–H groups in total. The maximum Gasteiger partial charge on any atom is 0.141 e. The van der Waals surface area contributed by atoms with Crippen molar-refractivity contribution >= 4 is 11.6 Å². The van der Waals surface area contributed by atoms with E-state index in [2.05, 4.69) is 5.32 Å². The van der Waals surface area contributed by atoms with Crippen molar-refractivity contribution in [3.05, 3.63) is 57.8 Å². The molecule has 4 heteroatoms. The van der Waals surface area contributed by atoms with Crippen molar-refractivity contribution in [3.8, 4) is 0 Å². The Hall–Kier alpha value is -1.32. The smallest absolute Gasteiger partial charge is 0.141 e. The Bertz CT molecular complexity index is 580. The summed E-state index contributed by atoms with van der Waals surface area (Å²) in [4.78, 5) is 0. The van der Waals surface area contributed by atoms with E-state index < -0.39 is 0 Å². The van der Waals surface area contributed by atoms with Crippen molar-refractivity contribution in [2.75, 3.05) is 7.05 Å². The largest absolute Gasteiger partial charge is 0.466 e. The number of rotatable bonds is 4. The zero-order chi connectivity index (χ0) is 14.0. The van der Waals surface area contributed by atoms with Crippen molar-refractivity contribution in [2.45, 2.75) is 26.3 Å². The van der Waals surface area contributed by atoms with E-state index in [1.165, 1.54) is 6.07 Å². The Kier molecular flexibility index (Phi) is 4.27. The molecule has 2 nitrogen and oxygen atoms in total. The maximum absolute atomic E-state index is 13.1. The van der Waals surface area contributed by atoms with E-state index in [1.54, 1.807) is 12.1 Å². The molecule has 0 saturated heterocycles. The minimum atomic E-state index is -0.387. The first-order chi connectivity index (χ1) is 9.01. The quantitative estimate of drug-likeness (QED) is 0.909. The average Bonchev–Trinajstić information content (AvgIpc) is 2.70. The van der Waals surface area contributed by atoms with Crippen LogP contribution in [-0.4, -0.2) is 7.05 Å². The van der Waals surface area contributed by atoms with Gasteiger partial charge in [-0.1, -0.05) is 17.7 Å². The second-order valence-corrected chi connectivity index (χ2v) is 5.07. The first kappa shape index (κ1) is 14.1. The van der Waals surface area contributed by atoms with Crippen LogP contribution in [0.3, 0.4) is 0 Å². The minimum absolute atomic E-state index is 0.124. The summed E-state index contributed by atoms with van der Waals surface area (Å²) in [5, 5.41) is 3.42. The standard InChI is InChI=1S/C15H17ClFNO/c1-9-6-12(10(2)19-9)15(18-3)8-11-4-5-14(17)13(16)7-11/h4-7,15,18H,8H2,1-3H3. The van der Waals surface area contributed by atoms with E-state index in [0.29, 0.717) is 0 Å². The SMILES string of the molecule is CNC(Cc1ccc(F)c(Cl)c1)c1cc(C)oc1C. The fourth-order valence-corrected chi connectivity index (χ4v) is 2.47. The Labute approximate surface area is 117 Å². The summed E-state index contributed by atoms with van der Waals surface area (Å²) in [5.41, 5.74) is 2.12. The van der Waals surface area contributed by atoms with Crippen LogP contribution in [0.25, 0.3) is 0 Å². The van der Waals surface area contributed by atoms with Crippen LogP contribution in [-0.2, 0) is 6.42 Å². The first-order valence-electron chi connectivity index (χ1n) is 6.19. The molecule has 1 heterocycles. The van der Waals surface area contributed by atoms with E-state index in [0.717, 1.165) is 29.1 Å². The third-order valence-corrected chi connectivity index (χ3v) is 3.52. The fraction of sp³-hybridized carbons (Fsp3) is 0.333. The third-order valence-electron chi connectivity index (χ3n) is 3.23. The number of aryl methyl sites for hydroxylation is 2. The molecule has 19 heavy (non-hydrogen) atoms. The van der Waals surface area contributed by atoms with Gasteiger partial charge in [0.25, 0.3) is 0 Å². The van der Waals surface area contributed by atoms with Crippen LogP contribution in [0.15, 0.2) is 28.7 Å². The van der Waals surface area contributed by atoms with E-state index in [-0.39, 0.29) is 16.9 Å². The zero-order valence-electron chi connectivity index (χ0n) is 11.3. The van der Waals surface area contributed by atoms with Gasteiger partial charge in [-0.3, -0.25) is 0 Å². The minimum Gasteiger partial charge on any atom is -0.466 e. The molecule has 1 atom stereocenters. The molecule has 0 aliphatic heterocycles. The molecule has 0 amide bonds. The Morgan fingerprint density at radius 3 is 2.58 bits per heavy atom. The summed E-state index contributed by atoms with van der Waals surface area (Å²) < 4.78 is 18.7. The molecule has 0 saturated carbocycles. The van der Waals surface area contributed by atoms with Gasteiger partial charge in [0, 0.05) is 11.6 Å². The van der Waals surface area contributed by atoms with Gasteiger partial charge in [-0.2, -0.15) is 0 Å². The van der Waals surface area contributed by atoms with Gasteiger partial charge in [-0.05, 0) is 51.1 Å². The van der Waals surface area contributed by atoms with Crippen LogP contribution in [0.4, 0.5) is 4.39 Å². The lowest BCUT2D eigenvalue weighted by molar-refractivity contribution is 0.490. The number of furan rings is 1. The highest BCUT2D eigenvalue weighted by Gasteiger charge is 2.16. The van der Waals surface area contributed by atoms with Gasteiger partial charge < -0.3 is 9.73 Å². The van der Waals surface area contributed by atoms with Crippen molar-refractivity contribution in [3.63, 3.8) is 0 Å². The monoisotopic (exact) mass is 281 g/mol. The Morgan fingerprint density at radius 2 is 2.05 bits per heavy atom. The number of benzene rings is 1. The lowest BCUT2D eigenvalue weighted by Crippen LogP contribution is -2.19. The summed E-state index contributed by atoms with van der Waals surface area (Å²) in [5.74, 6) is 1.41. The molecule has 1 unspecified atom stereocenters. The highest BCUT2D eigenvalue weighted by Crippen LogP contribution is 2.26. The van der Waals surface area contributed by atoms with E-state index in [4.69, 9.17) is 16.0 Å². The summed E-state index contributed by atoms with van der Waals surface area (Å²) in [6.45, 7) is 3.88. The van der Waals surface area contributed by atoms with Gasteiger partial charge in [0.15, 0.2) is 0 Å². The predicted molar refractivity (Wildman–Crippen MR) is 75.1 cm³/mol. The van der Waals surface area contributed by atoms with Gasteiger partial charge in [0.2, 0.25) is 0 Å². The molecule has 0 radical (unpaired) electrons. The van der Waals surface area contributed by atoms with Crippen LogP contribution in [0.5, 0.6) is 0 Å². The number of nitrogens with one attached hydrogen (secondary N) is 1. The summed E-state index contributed by atoms with van der Waals surface area (Å²) in [6, 6.07) is 6.98. The molecule has 102 valence electrons. The molecule has 0 fully saturated rings. The molecule has 2 rings (SSSR count).